The number of benzene rings is 2. The second-order valence-corrected chi connectivity index (χ2v) is 10.3. The number of carbonyl (C=O) groups excluding carboxylic acids is 1. The van der Waals surface area contributed by atoms with Crippen molar-refractivity contribution in [3.63, 3.8) is 0 Å². The largest absolute Gasteiger partial charge is 0.416 e. The molecule has 0 fully saturated rings. The predicted octanol–water partition coefficient (Wildman–Crippen LogP) is 7.43. The molecule has 0 atom stereocenters. The van der Waals surface area contributed by atoms with Crippen molar-refractivity contribution in [3.8, 4) is 11.1 Å². The van der Waals surface area contributed by atoms with E-state index in [1.807, 2.05) is 39.0 Å². The van der Waals surface area contributed by atoms with Gasteiger partial charge in [0.2, 0.25) is 0 Å². The van der Waals surface area contributed by atoms with E-state index < -0.39 is 17.3 Å². The van der Waals surface area contributed by atoms with Crippen LogP contribution >= 0.6 is 32.9 Å². The third-order valence-corrected chi connectivity index (χ3v) is 8.40. The summed E-state index contributed by atoms with van der Waals surface area (Å²) in [5, 5.41) is 0. The summed E-state index contributed by atoms with van der Waals surface area (Å²) < 4.78 is 39.5. The van der Waals surface area contributed by atoms with Gasteiger partial charge in [-0.25, -0.2) is 0 Å². The lowest BCUT2D eigenvalue weighted by atomic mass is 9.86. The average molecular weight is 452 g/mol. The minimum Gasteiger partial charge on any atom is -0.297 e. The number of alkyl halides is 3. The molecule has 8 heteroatoms. The first-order chi connectivity index (χ1) is 13.5. The van der Waals surface area contributed by atoms with Gasteiger partial charge in [0, 0.05) is 16.7 Å². The van der Waals surface area contributed by atoms with Crippen molar-refractivity contribution in [1.29, 1.82) is 0 Å². The smallest absolute Gasteiger partial charge is 0.297 e. The van der Waals surface area contributed by atoms with Crippen molar-refractivity contribution in [2.45, 2.75) is 32.5 Å². The van der Waals surface area contributed by atoms with E-state index in [0.29, 0.717) is 0 Å². The maximum absolute atomic E-state index is 13.5. The van der Waals surface area contributed by atoms with E-state index in [2.05, 4.69) is 0 Å². The lowest BCUT2D eigenvalue weighted by molar-refractivity contribution is -0.137. The second kappa shape index (κ2) is 6.75. The van der Waals surface area contributed by atoms with Gasteiger partial charge in [0.1, 0.15) is 3.82 Å². The average Bonchev–Trinajstić information content (AvgIpc) is 3.04. The van der Waals surface area contributed by atoms with Gasteiger partial charge >= 0.3 is 6.18 Å². The Morgan fingerprint density at radius 2 is 1.72 bits per heavy atom. The van der Waals surface area contributed by atoms with Gasteiger partial charge in [-0.3, -0.25) is 9.69 Å². The molecule has 0 radical (unpaired) electrons. The van der Waals surface area contributed by atoms with Crippen LogP contribution in [-0.4, -0.2) is 5.91 Å². The molecule has 29 heavy (non-hydrogen) atoms. The zero-order valence-corrected chi connectivity index (χ0v) is 18.2. The summed E-state index contributed by atoms with van der Waals surface area (Å²) in [5.41, 5.74) is 2.38. The van der Waals surface area contributed by atoms with E-state index in [1.54, 1.807) is 15.2 Å². The fourth-order valence-electron chi connectivity index (χ4n) is 3.64. The summed E-state index contributed by atoms with van der Waals surface area (Å²) in [6.07, 6.45) is -4.44. The van der Waals surface area contributed by atoms with E-state index >= 15 is 0 Å². The van der Waals surface area contributed by atoms with Crippen LogP contribution in [0.15, 0.2) is 42.5 Å². The monoisotopic (exact) mass is 451 g/mol. The lowest BCUT2D eigenvalue weighted by Crippen LogP contribution is -2.47. The Morgan fingerprint density at radius 1 is 1.07 bits per heavy atom. The molecule has 1 aliphatic rings. The quantitative estimate of drug-likeness (QED) is 0.283. The van der Waals surface area contributed by atoms with Crippen LogP contribution in [-0.2, 0) is 11.7 Å². The summed E-state index contributed by atoms with van der Waals surface area (Å²) in [6, 6.07) is 10.2. The molecule has 0 saturated carbocycles. The van der Waals surface area contributed by atoms with Crippen molar-refractivity contribution < 1.29 is 18.0 Å². The summed E-state index contributed by atoms with van der Waals surface area (Å²) in [4.78, 5) is 16.1. The molecule has 1 amide bonds. The third-order valence-electron chi connectivity index (χ3n) is 5.07. The zero-order valence-electron chi connectivity index (χ0n) is 15.8. The molecular weight excluding hydrogens is 435 g/mol. The number of rotatable bonds is 1. The molecule has 2 nitrogen and oxygen atoms in total. The molecule has 1 aromatic heterocycles. The number of fused-ring (bicyclic) bond motifs is 3. The van der Waals surface area contributed by atoms with Gasteiger partial charge < -0.3 is 0 Å². The van der Waals surface area contributed by atoms with Crippen molar-refractivity contribution >= 4 is 44.5 Å². The number of nitrogens with zero attached hydrogens (tertiary/aromatic N) is 1. The fraction of sp³-hybridized carbons (Fsp3) is 0.238. The molecule has 0 bridgehead atoms. The molecule has 150 valence electrons. The molecular formula is C21H16F3NOS3. The molecule has 4 rings (SSSR count). The van der Waals surface area contributed by atoms with E-state index in [0.717, 1.165) is 43.2 Å². The lowest BCUT2D eigenvalue weighted by Gasteiger charge is -2.43. The Kier molecular flexibility index (Phi) is 4.72. The van der Waals surface area contributed by atoms with Crippen LogP contribution in [0.5, 0.6) is 0 Å². The number of anilines is 1. The normalized spacial score (nSPS) is 15.0. The molecule has 2 aromatic carbocycles. The van der Waals surface area contributed by atoms with Crippen LogP contribution < -0.4 is 4.90 Å². The van der Waals surface area contributed by atoms with E-state index in [9.17, 15) is 18.0 Å². The van der Waals surface area contributed by atoms with Gasteiger partial charge in [0.15, 0.2) is 0 Å². The van der Waals surface area contributed by atoms with Gasteiger partial charge in [0.05, 0.1) is 21.7 Å². The molecule has 0 aliphatic carbocycles. The van der Waals surface area contributed by atoms with Crippen LogP contribution in [0.25, 0.3) is 11.1 Å². The highest BCUT2D eigenvalue weighted by Gasteiger charge is 2.43. The maximum atomic E-state index is 13.5. The van der Waals surface area contributed by atoms with Crippen LogP contribution in [0.4, 0.5) is 18.9 Å². The fourth-order valence-corrected chi connectivity index (χ4v) is 6.92. The second-order valence-electron chi connectivity index (χ2n) is 7.45. The molecule has 0 unspecified atom stereocenters. The number of hydrogen-bond acceptors (Lipinski definition) is 4. The Balaban J connectivity index is 1.87. The van der Waals surface area contributed by atoms with Crippen LogP contribution in [0.3, 0.4) is 0 Å². The summed E-state index contributed by atoms with van der Waals surface area (Å²) >= 11 is 5.56. The van der Waals surface area contributed by atoms with Crippen molar-refractivity contribution in [1.82, 2.24) is 0 Å². The molecule has 0 spiro atoms. The number of carbonyl (C=O) groups is 1. The van der Waals surface area contributed by atoms with Gasteiger partial charge in [-0.1, -0.05) is 44.5 Å². The third kappa shape index (κ3) is 3.23. The van der Waals surface area contributed by atoms with Crippen molar-refractivity contribution in [2.24, 2.45) is 0 Å². The van der Waals surface area contributed by atoms with Crippen molar-refractivity contribution in [2.75, 3.05) is 4.90 Å². The van der Waals surface area contributed by atoms with Gasteiger partial charge in [-0.2, -0.15) is 13.2 Å². The standard InChI is InChI=1S/C21H16F3NOS3/c1-11-4-9-15-14(10-11)16-17(28-29-19(16)27)20(2,3)25(15)18(26)12-5-7-13(8-6-12)21(22,23)24/h4-10H,1-3H3. The molecule has 0 N–H and O–H groups in total. The summed E-state index contributed by atoms with van der Waals surface area (Å²) in [6.45, 7) is 5.85. The molecule has 2 heterocycles. The first-order valence-corrected chi connectivity index (χ1v) is 11.3. The van der Waals surface area contributed by atoms with E-state index in [4.69, 9.17) is 12.2 Å². The molecule has 3 aromatic rings. The Bertz CT molecular complexity index is 1170. The van der Waals surface area contributed by atoms with Gasteiger partial charge in [-0.05, 0) is 57.2 Å². The SMILES string of the molecule is Cc1ccc2c(c1)-c1c(ssc1=S)C(C)(C)N2C(=O)c1ccc(C(F)(F)F)cc1. The first kappa shape index (κ1) is 20.3. The number of hydrogen-bond donors (Lipinski definition) is 0. The number of aryl methyl sites for hydroxylation is 1. The minimum absolute atomic E-state index is 0.208. The topological polar surface area (TPSA) is 20.3 Å². The van der Waals surface area contributed by atoms with Gasteiger partial charge in [-0.15, -0.1) is 0 Å². The zero-order chi connectivity index (χ0) is 21.1. The van der Waals surface area contributed by atoms with Crippen molar-refractivity contribution in [3.05, 3.63) is 67.9 Å². The minimum atomic E-state index is -4.44. The Morgan fingerprint density at radius 3 is 2.34 bits per heavy atom. The van der Waals surface area contributed by atoms with Gasteiger partial charge in [0.25, 0.3) is 5.91 Å². The van der Waals surface area contributed by atoms with Crippen LogP contribution in [0.2, 0.25) is 0 Å². The molecule has 0 saturated heterocycles. The highest BCUT2D eigenvalue weighted by atomic mass is 32.9. The Labute approximate surface area is 178 Å². The van der Waals surface area contributed by atoms with Crippen LogP contribution in [0, 0.1) is 10.7 Å². The predicted molar refractivity (Wildman–Crippen MR) is 114 cm³/mol. The molecule has 1 aliphatic heterocycles. The Hall–Kier alpha value is -2.03. The van der Waals surface area contributed by atoms with Crippen LogP contribution in [0.1, 0.15) is 40.2 Å². The van der Waals surface area contributed by atoms with E-state index in [1.165, 1.54) is 22.5 Å². The summed E-state index contributed by atoms with van der Waals surface area (Å²) in [7, 11) is 3.05. The number of halogens is 3. The maximum Gasteiger partial charge on any atom is 0.416 e. The van der Waals surface area contributed by atoms with E-state index in [-0.39, 0.29) is 11.5 Å². The first-order valence-electron chi connectivity index (χ1n) is 8.78. The highest BCUT2D eigenvalue weighted by Crippen LogP contribution is 2.52. The summed E-state index contributed by atoms with van der Waals surface area (Å²) in [5.74, 6) is -0.344. The number of amides is 1. The highest BCUT2D eigenvalue weighted by molar-refractivity contribution is 7.80.